The minimum Gasteiger partial charge on any atom is -0.454 e. The standard InChI is InChI=1S/C18H16BrN3O4/c1-9-5-11-6-15-16(26-8-25-15)7-13(11)18(21-20-9)12-3-4-14(22(23)24)10(2)17(12)19/h3-4,6-7,9,20H,5,8H2,1-2H3. The van der Waals surface area contributed by atoms with E-state index in [9.17, 15) is 10.1 Å². The van der Waals surface area contributed by atoms with E-state index in [1.165, 1.54) is 6.07 Å². The Morgan fingerprint density at radius 2 is 2.00 bits per heavy atom. The number of nitro groups is 1. The number of halogens is 1. The molecule has 1 N–H and O–H groups in total. The van der Waals surface area contributed by atoms with Crippen LogP contribution in [0.1, 0.15) is 29.2 Å². The van der Waals surface area contributed by atoms with E-state index in [0.717, 1.165) is 28.9 Å². The minimum absolute atomic E-state index is 0.0714. The summed E-state index contributed by atoms with van der Waals surface area (Å²) in [5.41, 5.74) is 7.31. The molecule has 134 valence electrons. The smallest absolute Gasteiger partial charge is 0.273 e. The lowest BCUT2D eigenvalue weighted by molar-refractivity contribution is -0.385. The van der Waals surface area contributed by atoms with Crippen LogP contribution in [0.25, 0.3) is 0 Å². The maximum atomic E-state index is 11.2. The summed E-state index contributed by atoms with van der Waals surface area (Å²) in [6.45, 7) is 3.98. The third-order valence-electron chi connectivity index (χ3n) is 4.59. The van der Waals surface area contributed by atoms with Crippen LogP contribution < -0.4 is 14.9 Å². The Morgan fingerprint density at radius 3 is 2.73 bits per heavy atom. The van der Waals surface area contributed by atoms with E-state index >= 15 is 0 Å². The van der Waals surface area contributed by atoms with Gasteiger partial charge in [-0.05, 0) is 60.0 Å². The van der Waals surface area contributed by atoms with Gasteiger partial charge in [-0.1, -0.05) is 0 Å². The Hall–Kier alpha value is -2.61. The molecule has 1 atom stereocenters. The molecule has 0 spiro atoms. The monoisotopic (exact) mass is 417 g/mol. The van der Waals surface area contributed by atoms with Crippen molar-refractivity contribution in [2.24, 2.45) is 5.10 Å². The lowest BCUT2D eigenvalue weighted by Crippen LogP contribution is -2.22. The number of hydrogen-bond acceptors (Lipinski definition) is 6. The Balaban J connectivity index is 1.90. The average Bonchev–Trinajstić information content (AvgIpc) is 2.98. The van der Waals surface area contributed by atoms with Crippen LogP contribution in [-0.2, 0) is 6.42 Å². The van der Waals surface area contributed by atoms with Crippen LogP contribution in [0.3, 0.4) is 0 Å². The topological polar surface area (TPSA) is 86.0 Å². The second-order valence-electron chi connectivity index (χ2n) is 6.39. The molecule has 2 heterocycles. The number of hydrazone groups is 1. The highest BCUT2D eigenvalue weighted by Crippen LogP contribution is 2.38. The Kier molecular flexibility index (Phi) is 4.07. The van der Waals surface area contributed by atoms with Gasteiger partial charge in [0, 0.05) is 33.3 Å². The first kappa shape index (κ1) is 16.8. The molecule has 2 aliphatic heterocycles. The number of nitrogens with zero attached hydrogens (tertiary/aromatic N) is 2. The van der Waals surface area contributed by atoms with Crippen molar-refractivity contribution in [3.05, 3.63) is 61.1 Å². The molecule has 2 aliphatic rings. The molecule has 7 nitrogen and oxygen atoms in total. The van der Waals surface area contributed by atoms with Gasteiger partial charge in [0.15, 0.2) is 11.5 Å². The first-order valence-electron chi connectivity index (χ1n) is 8.15. The largest absolute Gasteiger partial charge is 0.454 e. The molecule has 26 heavy (non-hydrogen) atoms. The van der Waals surface area contributed by atoms with Crippen molar-refractivity contribution >= 4 is 27.3 Å². The highest BCUT2D eigenvalue weighted by atomic mass is 79.9. The molecule has 0 aromatic heterocycles. The fourth-order valence-corrected chi connectivity index (χ4v) is 3.77. The zero-order chi connectivity index (χ0) is 18.4. The zero-order valence-corrected chi connectivity index (χ0v) is 15.8. The van der Waals surface area contributed by atoms with Crippen molar-refractivity contribution in [3.63, 3.8) is 0 Å². The summed E-state index contributed by atoms with van der Waals surface area (Å²) < 4.78 is 11.7. The number of ether oxygens (including phenoxy) is 2. The molecule has 0 bridgehead atoms. The van der Waals surface area contributed by atoms with E-state index in [1.54, 1.807) is 13.0 Å². The van der Waals surface area contributed by atoms with Crippen molar-refractivity contribution in [3.8, 4) is 11.5 Å². The molecule has 1 unspecified atom stereocenters. The number of nitrogens with one attached hydrogen (secondary N) is 1. The van der Waals surface area contributed by atoms with Crippen molar-refractivity contribution in [1.82, 2.24) is 5.43 Å². The van der Waals surface area contributed by atoms with Gasteiger partial charge in [-0.2, -0.15) is 5.10 Å². The lowest BCUT2D eigenvalue weighted by atomic mass is 9.93. The second kappa shape index (κ2) is 6.28. The maximum Gasteiger partial charge on any atom is 0.273 e. The third kappa shape index (κ3) is 2.70. The summed E-state index contributed by atoms with van der Waals surface area (Å²) >= 11 is 3.52. The molecule has 4 rings (SSSR count). The first-order chi connectivity index (χ1) is 12.5. The summed E-state index contributed by atoms with van der Waals surface area (Å²) in [6, 6.07) is 7.30. The quantitative estimate of drug-likeness (QED) is 0.594. The number of nitro benzene ring substituents is 1. The Morgan fingerprint density at radius 1 is 1.27 bits per heavy atom. The third-order valence-corrected chi connectivity index (χ3v) is 5.61. The number of fused-ring (bicyclic) bond motifs is 2. The lowest BCUT2D eigenvalue weighted by Gasteiger charge is -2.13. The van der Waals surface area contributed by atoms with Gasteiger partial charge >= 0.3 is 0 Å². The van der Waals surface area contributed by atoms with Gasteiger partial charge in [0.25, 0.3) is 5.69 Å². The van der Waals surface area contributed by atoms with Gasteiger partial charge < -0.3 is 14.9 Å². The molecule has 0 saturated carbocycles. The predicted molar refractivity (Wildman–Crippen MR) is 100 cm³/mol. The summed E-state index contributed by atoms with van der Waals surface area (Å²) in [6.07, 6.45) is 0.780. The molecule has 0 fully saturated rings. The average molecular weight is 418 g/mol. The second-order valence-corrected chi connectivity index (χ2v) is 7.18. The molecule has 2 aromatic carbocycles. The van der Waals surface area contributed by atoms with Crippen LogP contribution >= 0.6 is 15.9 Å². The number of benzene rings is 2. The predicted octanol–water partition coefficient (Wildman–Crippen LogP) is 3.68. The summed E-state index contributed by atoms with van der Waals surface area (Å²) in [7, 11) is 0. The SMILES string of the molecule is Cc1c([N+](=O)[O-])ccc(C2=NNC(C)Cc3cc4c(cc32)OCO4)c1Br. The van der Waals surface area contributed by atoms with Crippen LogP contribution in [0.4, 0.5) is 5.69 Å². The Bertz CT molecular complexity index is 958. The van der Waals surface area contributed by atoms with Crippen LogP contribution in [-0.4, -0.2) is 23.5 Å². The van der Waals surface area contributed by atoms with Crippen LogP contribution in [0.5, 0.6) is 11.5 Å². The molecule has 0 amide bonds. The normalized spacial score (nSPS) is 17.8. The number of hydrogen-bond donors (Lipinski definition) is 1. The summed E-state index contributed by atoms with van der Waals surface area (Å²) in [5, 5.41) is 15.8. The molecular weight excluding hydrogens is 402 g/mol. The van der Waals surface area contributed by atoms with Crippen molar-refractivity contribution < 1.29 is 14.4 Å². The molecule has 0 saturated heterocycles. The van der Waals surface area contributed by atoms with Crippen LogP contribution in [0.15, 0.2) is 33.8 Å². The van der Waals surface area contributed by atoms with Gasteiger partial charge in [0.05, 0.1) is 10.6 Å². The first-order valence-corrected chi connectivity index (χ1v) is 8.95. The van der Waals surface area contributed by atoms with E-state index < -0.39 is 0 Å². The van der Waals surface area contributed by atoms with Crippen molar-refractivity contribution in [2.45, 2.75) is 26.3 Å². The van der Waals surface area contributed by atoms with Gasteiger partial charge in [-0.3, -0.25) is 10.1 Å². The summed E-state index contributed by atoms with van der Waals surface area (Å²) in [4.78, 5) is 10.8. The van der Waals surface area contributed by atoms with Crippen LogP contribution in [0.2, 0.25) is 0 Å². The maximum absolute atomic E-state index is 11.2. The van der Waals surface area contributed by atoms with E-state index in [0.29, 0.717) is 21.5 Å². The van der Waals surface area contributed by atoms with Gasteiger partial charge in [0.2, 0.25) is 6.79 Å². The molecule has 8 heteroatoms. The fourth-order valence-electron chi connectivity index (χ4n) is 3.24. The van der Waals surface area contributed by atoms with E-state index in [1.807, 2.05) is 12.1 Å². The van der Waals surface area contributed by atoms with E-state index in [2.05, 4.69) is 33.4 Å². The van der Waals surface area contributed by atoms with Gasteiger partial charge in [0.1, 0.15) is 0 Å². The highest BCUT2D eigenvalue weighted by molar-refractivity contribution is 9.10. The summed E-state index contributed by atoms with van der Waals surface area (Å²) in [5.74, 6) is 1.41. The van der Waals surface area contributed by atoms with Crippen molar-refractivity contribution in [1.29, 1.82) is 0 Å². The molecular formula is C18H16BrN3O4. The van der Waals surface area contributed by atoms with E-state index in [4.69, 9.17) is 9.47 Å². The van der Waals surface area contributed by atoms with Gasteiger partial charge in [-0.15, -0.1) is 0 Å². The molecule has 2 aromatic rings. The number of rotatable bonds is 2. The van der Waals surface area contributed by atoms with E-state index in [-0.39, 0.29) is 23.4 Å². The Labute approximate surface area is 158 Å². The molecule has 0 radical (unpaired) electrons. The minimum atomic E-state index is -0.384. The van der Waals surface area contributed by atoms with Crippen LogP contribution in [0, 0.1) is 17.0 Å². The molecule has 0 aliphatic carbocycles. The fraction of sp³-hybridized carbons (Fsp3) is 0.278. The van der Waals surface area contributed by atoms with Crippen molar-refractivity contribution in [2.75, 3.05) is 6.79 Å². The zero-order valence-electron chi connectivity index (χ0n) is 14.2. The van der Waals surface area contributed by atoms with Gasteiger partial charge in [-0.25, -0.2) is 0 Å². The highest BCUT2D eigenvalue weighted by Gasteiger charge is 2.26.